The molecule has 3 rings (SSSR count). The lowest BCUT2D eigenvalue weighted by molar-refractivity contribution is 0.600. The summed E-state index contributed by atoms with van der Waals surface area (Å²) in [6.45, 7) is 9.72. The van der Waals surface area contributed by atoms with E-state index < -0.39 is 0 Å². The molecule has 2 aromatic rings. The molecule has 28 heavy (non-hydrogen) atoms. The molecule has 3 heterocycles. The number of aromatic nitrogens is 4. The predicted molar refractivity (Wildman–Crippen MR) is 126 cm³/mol. The number of nitrogens with zero attached hydrogens (tertiary/aromatic N) is 5. The molecule has 0 atom stereocenters. The Morgan fingerprint density at radius 1 is 1.14 bits per heavy atom. The van der Waals surface area contributed by atoms with Crippen LogP contribution in [0.4, 0.5) is 0 Å². The van der Waals surface area contributed by atoms with E-state index in [-0.39, 0.29) is 24.0 Å². The Morgan fingerprint density at radius 2 is 2.00 bits per heavy atom. The third-order valence-electron chi connectivity index (χ3n) is 4.84. The first-order valence-electron chi connectivity index (χ1n) is 10.0. The molecular weight excluding hydrogens is 485 g/mol. The van der Waals surface area contributed by atoms with Crippen molar-refractivity contribution in [2.75, 3.05) is 19.6 Å². The lowest BCUT2D eigenvalue weighted by atomic mass is 10.2. The number of rotatable bonds is 7. The number of nitrogens with one attached hydrogen (secondary N) is 2. The highest BCUT2D eigenvalue weighted by atomic mass is 127. The molecule has 0 bridgehead atoms. The fourth-order valence-electron chi connectivity index (χ4n) is 3.27. The maximum Gasteiger partial charge on any atom is 0.191 e. The van der Waals surface area contributed by atoms with Crippen molar-refractivity contribution in [2.24, 2.45) is 4.99 Å². The van der Waals surface area contributed by atoms with Crippen LogP contribution in [0.1, 0.15) is 53.4 Å². The molecule has 0 fully saturated rings. The van der Waals surface area contributed by atoms with Gasteiger partial charge in [-0.15, -0.1) is 45.5 Å². The topological polar surface area (TPSA) is 80.0 Å². The number of halogens is 1. The smallest absolute Gasteiger partial charge is 0.191 e. The number of hydrogen-bond acceptors (Lipinski definition) is 5. The molecule has 1 aliphatic rings. The predicted octanol–water partition coefficient (Wildman–Crippen LogP) is 3.04. The van der Waals surface area contributed by atoms with Crippen molar-refractivity contribution in [1.82, 2.24) is 30.4 Å². The van der Waals surface area contributed by atoms with E-state index in [2.05, 4.69) is 56.1 Å². The average molecular weight is 517 g/mol. The Morgan fingerprint density at radius 3 is 2.75 bits per heavy atom. The Balaban J connectivity index is 0.00000280. The minimum atomic E-state index is 0. The molecule has 0 amide bonds. The van der Waals surface area contributed by atoms with Crippen LogP contribution >= 0.6 is 35.3 Å². The number of aryl methyl sites for hydroxylation is 3. The molecule has 0 unspecified atom stereocenters. The number of fused-ring (bicyclic) bond motifs is 1. The van der Waals surface area contributed by atoms with E-state index in [1.54, 1.807) is 11.3 Å². The van der Waals surface area contributed by atoms with Gasteiger partial charge in [-0.3, -0.25) is 4.99 Å². The van der Waals surface area contributed by atoms with E-state index in [4.69, 9.17) is 0 Å². The van der Waals surface area contributed by atoms with Gasteiger partial charge < -0.3 is 15.2 Å². The zero-order valence-corrected chi connectivity index (χ0v) is 20.3. The summed E-state index contributed by atoms with van der Waals surface area (Å²) in [4.78, 5) is 10.6. The van der Waals surface area contributed by atoms with Gasteiger partial charge >= 0.3 is 0 Å². The molecule has 0 aliphatic carbocycles. The molecule has 0 saturated heterocycles. The maximum absolute atomic E-state index is 4.69. The van der Waals surface area contributed by atoms with Crippen LogP contribution in [0.5, 0.6) is 0 Å². The van der Waals surface area contributed by atoms with Crippen LogP contribution in [0.3, 0.4) is 0 Å². The first kappa shape index (κ1) is 23.1. The second-order valence-electron chi connectivity index (χ2n) is 6.93. The number of guanidine groups is 1. The van der Waals surface area contributed by atoms with Crippen molar-refractivity contribution in [2.45, 2.75) is 65.8 Å². The van der Waals surface area contributed by atoms with E-state index in [0.717, 1.165) is 73.8 Å². The standard InChI is InChI=1S/C19H31N7S.HI/c1-4-20-19(22-12-10-18-23-14(2)15(3)27-18)21-11-9-17-25-24-16-8-6-5-7-13-26(16)17;/h4-13H2,1-3H3,(H2,20,21,22);1H. The summed E-state index contributed by atoms with van der Waals surface area (Å²) < 4.78 is 2.31. The third kappa shape index (κ3) is 6.40. The third-order valence-corrected chi connectivity index (χ3v) is 5.97. The first-order chi connectivity index (χ1) is 13.2. The number of thiazole rings is 1. The van der Waals surface area contributed by atoms with Crippen molar-refractivity contribution in [3.63, 3.8) is 0 Å². The highest BCUT2D eigenvalue weighted by molar-refractivity contribution is 14.0. The Hall–Kier alpha value is -1.23. The summed E-state index contributed by atoms with van der Waals surface area (Å²) in [5, 5.41) is 16.7. The number of hydrogen-bond donors (Lipinski definition) is 2. The van der Waals surface area contributed by atoms with Crippen LogP contribution in [0.15, 0.2) is 4.99 Å². The zero-order chi connectivity index (χ0) is 19.1. The molecule has 7 nitrogen and oxygen atoms in total. The fourth-order valence-corrected chi connectivity index (χ4v) is 4.20. The summed E-state index contributed by atoms with van der Waals surface area (Å²) >= 11 is 1.77. The minimum Gasteiger partial charge on any atom is -0.357 e. The summed E-state index contributed by atoms with van der Waals surface area (Å²) in [5.41, 5.74) is 1.14. The molecule has 2 N–H and O–H groups in total. The molecule has 0 spiro atoms. The van der Waals surface area contributed by atoms with Crippen LogP contribution < -0.4 is 10.6 Å². The Labute approximate surface area is 188 Å². The van der Waals surface area contributed by atoms with Crippen molar-refractivity contribution in [3.8, 4) is 0 Å². The summed E-state index contributed by atoms with van der Waals surface area (Å²) in [6, 6.07) is 0. The van der Waals surface area contributed by atoms with Crippen molar-refractivity contribution < 1.29 is 0 Å². The molecule has 1 aliphatic heterocycles. The highest BCUT2D eigenvalue weighted by Gasteiger charge is 2.14. The zero-order valence-electron chi connectivity index (χ0n) is 17.1. The van der Waals surface area contributed by atoms with Gasteiger partial charge in [0.05, 0.1) is 10.7 Å². The van der Waals surface area contributed by atoms with Gasteiger partial charge in [-0.1, -0.05) is 6.42 Å². The van der Waals surface area contributed by atoms with E-state index in [1.807, 2.05) is 0 Å². The van der Waals surface area contributed by atoms with E-state index in [9.17, 15) is 0 Å². The highest BCUT2D eigenvalue weighted by Crippen LogP contribution is 2.17. The molecule has 0 aromatic carbocycles. The SMILES string of the molecule is CCNC(=NCCc1nc(C)c(C)s1)NCCc1nnc2n1CCCCC2.I. The fraction of sp³-hybridized carbons (Fsp3) is 0.684. The van der Waals surface area contributed by atoms with Crippen LogP contribution in [0, 0.1) is 13.8 Å². The lowest BCUT2D eigenvalue weighted by Crippen LogP contribution is -2.38. The second kappa shape index (κ2) is 11.7. The summed E-state index contributed by atoms with van der Waals surface area (Å²) in [7, 11) is 0. The van der Waals surface area contributed by atoms with Gasteiger partial charge in [0.15, 0.2) is 5.96 Å². The Kier molecular flexibility index (Phi) is 9.63. The van der Waals surface area contributed by atoms with Gasteiger partial charge in [-0.2, -0.15) is 0 Å². The molecule has 0 saturated carbocycles. The van der Waals surface area contributed by atoms with Crippen LogP contribution in [-0.4, -0.2) is 45.3 Å². The van der Waals surface area contributed by atoms with Crippen molar-refractivity contribution in [3.05, 3.63) is 27.2 Å². The van der Waals surface area contributed by atoms with Gasteiger partial charge in [0.2, 0.25) is 0 Å². The van der Waals surface area contributed by atoms with Gasteiger partial charge in [-0.05, 0) is 33.6 Å². The van der Waals surface area contributed by atoms with Gasteiger partial charge in [0, 0.05) is 50.3 Å². The maximum atomic E-state index is 4.69. The molecule has 156 valence electrons. The minimum absolute atomic E-state index is 0. The van der Waals surface area contributed by atoms with Crippen molar-refractivity contribution in [1.29, 1.82) is 0 Å². The van der Waals surface area contributed by atoms with Gasteiger partial charge in [0.25, 0.3) is 0 Å². The molecular formula is C19H32IN7S. The van der Waals surface area contributed by atoms with Gasteiger partial charge in [0.1, 0.15) is 11.6 Å². The normalized spacial score (nSPS) is 14.2. The first-order valence-corrected chi connectivity index (χ1v) is 10.8. The van der Waals surface area contributed by atoms with Crippen LogP contribution in [-0.2, 0) is 25.8 Å². The monoisotopic (exact) mass is 517 g/mol. The summed E-state index contributed by atoms with van der Waals surface area (Å²) in [5.74, 6) is 3.10. The molecule has 2 aromatic heterocycles. The quantitative estimate of drug-likeness (QED) is 0.336. The molecule has 0 radical (unpaired) electrons. The van der Waals surface area contributed by atoms with Gasteiger partial charge in [-0.25, -0.2) is 4.98 Å². The summed E-state index contributed by atoms with van der Waals surface area (Å²) in [6.07, 6.45) is 6.55. The molecule has 9 heteroatoms. The Bertz CT molecular complexity index is 749. The largest absolute Gasteiger partial charge is 0.357 e. The van der Waals surface area contributed by atoms with Crippen molar-refractivity contribution >= 4 is 41.3 Å². The van der Waals surface area contributed by atoms with E-state index in [1.165, 1.54) is 24.1 Å². The van der Waals surface area contributed by atoms with Crippen LogP contribution in [0.2, 0.25) is 0 Å². The van der Waals surface area contributed by atoms with E-state index >= 15 is 0 Å². The van der Waals surface area contributed by atoms with E-state index in [0.29, 0.717) is 0 Å². The van der Waals surface area contributed by atoms with Crippen LogP contribution in [0.25, 0.3) is 0 Å². The lowest BCUT2D eigenvalue weighted by Gasteiger charge is -2.11. The number of aliphatic imine (C=N–C) groups is 1. The second-order valence-corrected chi connectivity index (χ2v) is 8.22. The average Bonchev–Trinajstić information content (AvgIpc) is 3.08.